The summed E-state index contributed by atoms with van der Waals surface area (Å²) in [5, 5.41) is 3.44. The van der Waals surface area contributed by atoms with Gasteiger partial charge in [-0.3, -0.25) is 4.79 Å². The van der Waals surface area contributed by atoms with Crippen molar-refractivity contribution in [3.05, 3.63) is 34.3 Å². The molecule has 0 aliphatic carbocycles. The smallest absolute Gasteiger partial charge is 0.293 e. The third-order valence-corrected chi connectivity index (χ3v) is 3.57. The van der Waals surface area contributed by atoms with Gasteiger partial charge in [0.1, 0.15) is 5.60 Å². The Morgan fingerprint density at radius 3 is 2.35 bits per heavy atom. The molecule has 1 N–H and O–H groups in total. The number of hydrogen-bond acceptors (Lipinski definition) is 3. The molecule has 20 heavy (non-hydrogen) atoms. The Morgan fingerprint density at radius 2 is 1.95 bits per heavy atom. The molecule has 0 saturated carbocycles. The lowest BCUT2D eigenvalue weighted by Gasteiger charge is -2.22. The number of hydrogen-bond donors (Lipinski definition) is 1. The first kappa shape index (κ1) is 17.2. The molecule has 1 aliphatic rings. The molecule has 1 aromatic rings. The van der Waals surface area contributed by atoms with Crippen molar-refractivity contribution >= 4 is 22.4 Å². The molecule has 1 aromatic carbocycles. The molecule has 1 unspecified atom stereocenters. The van der Waals surface area contributed by atoms with Crippen molar-refractivity contribution < 1.29 is 9.53 Å². The summed E-state index contributed by atoms with van der Waals surface area (Å²) >= 11 is 3.45. The van der Waals surface area contributed by atoms with Gasteiger partial charge in [0.2, 0.25) is 0 Å². The quantitative estimate of drug-likeness (QED) is 0.829. The largest absolute Gasteiger partial charge is 0.462 e. The summed E-state index contributed by atoms with van der Waals surface area (Å²) in [4.78, 5) is 9.60. The maximum absolute atomic E-state index is 9.60. The summed E-state index contributed by atoms with van der Waals surface area (Å²) in [5.74, 6) is 0.724. The van der Waals surface area contributed by atoms with E-state index in [1.165, 1.54) is 29.4 Å². The van der Waals surface area contributed by atoms with Crippen LogP contribution in [-0.4, -0.2) is 25.2 Å². The third-order valence-electron chi connectivity index (χ3n) is 3.04. The number of benzene rings is 1. The minimum absolute atomic E-state index is 0.318. The number of nitrogens with one attached hydrogen (secondary N) is 1. The van der Waals surface area contributed by atoms with Crippen molar-refractivity contribution in [2.75, 3.05) is 13.1 Å². The van der Waals surface area contributed by atoms with Crippen LogP contribution in [0.2, 0.25) is 0 Å². The maximum atomic E-state index is 9.60. The van der Waals surface area contributed by atoms with Gasteiger partial charge in [-0.2, -0.15) is 0 Å². The minimum Gasteiger partial charge on any atom is -0.462 e. The Labute approximate surface area is 130 Å². The van der Waals surface area contributed by atoms with Crippen LogP contribution in [0.15, 0.2) is 28.7 Å². The first-order chi connectivity index (χ1) is 9.42. The molecular formula is C16H24BrNO2. The Balaban J connectivity index is 0.000000246. The van der Waals surface area contributed by atoms with Crippen LogP contribution < -0.4 is 5.32 Å². The van der Waals surface area contributed by atoms with E-state index in [9.17, 15) is 4.79 Å². The maximum Gasteiger partial charge on any atom is 0.293 e. The lowest BCUT2D eigenvalue weighted by atomic mass is 9.92. The van der Waals surface area contributed by atoms with E-state index in [1.807, 2.05) is 20.8 Å². The van der Waals surface area contributed by atoms with Gasteiger partial charge in [-0.05, 0) is 63.8 Å². The highest BCUT2D eigenvalue weighted by Gasteiger charge is 2.14. The standard InChI is InChI=1S/C11H14BrN.C5H10O2/c12-11-5-3-9(4-6-11)10-2-1-7-13-8-10;1-5(2,3)7-4-6/h3-6,10,13H,1-2,7-8H2;4H,1-3H3. The third kappa shape index (κ3) is 7.06. The first-order valence-corrected chi connectivity index (χ1v) is 7.79. The van der Waals surface area contributed by atoms with Crippen LogP contribution in [0.4, 0.5) is 0 Å². The van der Waals surface area contributed by atoms with E-state index >= 15 is 0 Å². The molecule has 2 rings (SSSR count). The molecule has 1 heterocycles. The van der Waals surface area contributed by atoms with E-state index in [4.69, 9.17) is 0 Å². The summed E-state index contributed by atoms with van der Waals surface area (Å²) in [6.07, 6.45) is 2.63. The van der Waals surface area contributed by atoms with Gasteiger partial charge < -0.3 is 10.1 Å². The average molecular weight is 342 g/mol. The van der Waals surface area contributed by atoms with E-state index in [-0.39, 0.29) is 5.60 Å². The zero-order valence-electron chi connectivity index (χ0n) is 12.5. The summed E-state index contributed by atoms with van der Waals surface area (Å²) < 4.78 is 5.72. The zero-order chi connectivity index (χ0) is 15.0. The first-order valence-electron chi connectivity index (χ1n) is 7.00. The van der Waals surface area contributed by atoms with Gasteiger partial charge in [0, 0.05) is 11.0 Å². The summed E-state index contributed by atoms with van der Waals surface area (Å²) in [6.45, 7) is 8.25. The molecule has 0 aromatic heterocycles. The predicted molar refractivity (Wildman–Crippen MR) is 85.9 cm³/mol. The molecule has 0 radical (unpaired) electrons. The minimum atomic E-state index is -0.318. The van der Waals surface area contributed by atoms with E-state index in [0.29, 0.717) is 6.47 Å². The van der Waals surface area contributed by atoms with Crippen molar-refractivity contribution in [1.29, 1.82) is 0 Å². The predicted octanol–water partition coefficient (Wildman–Crippen LogP) is 3.87. The molecule has 0 amide bonds. The van der Waals surface area contributed by atoms with Crippen LogP contribution in [0.5, 0.6) is 0 Å². The molecule has 112 valence electrons. The number of carbonyl (C=O) groups is 1. The fourth-order valence-corrected chi connectivity index (χ4v) is 2.28. The van der Waals surface area contributed by atoms with Crippen molar-refractivity contribution in [1.82, 2.24) is 5.32 Å². The van der Waals surface area contributed by atoms with Crippen molar-refractivity contribution in [3.63, 3.8) is 0 Å². The Bertz CT molecular complexity index is 392. The molecule has 3 nitrogen and oxygen atoms in total. The monoisotopic (exact) mass is 341 g/mol. The Kier molecular flexibility index (Phi) is 7.24. The molecule has 0 spiro atoms. The SMILES string of the molecule is Brc1ccc(C2CCCNC2)cc1.CC(C)(C)OC=O. The molecule has 1 fully saturated rings. The highest BCUT2D eigenvalue weighted by Crippen LogP contribution is 2.24. The number of rotatable bonds is 2. The Morgan fingerprint density at radius 1 is 1.30 bits per heavy atom. The lowest BCUT2D eigenvalue weighted by molar-refractivity contribution is -0.138. The van der Waals surface area contributed by atoms with Gasteiger partial charge in [0.05, 0.1) is 0 Å². The summed E-state index contributed by atoms with van der Waals surface area (Å²) in [5.41, 5.74) is 1.15. The highest BCUT2D eigenvalue weighted by atomic mass is 79.9. The summed E-state index contributed by atoms with van der Waals surface area (Å²) in [6, 6.07) is 8.71. The van der Waals surface area contributed by atoms with Gasteiger partial charge in [-0.1, -0.05) is 28.1 Å². The topological polar surface area (TPSA) is 38.3 Å². The second-order valence-electron chi connectivity index (χ2n) is 5.92. The van der Waals surface area contributed by atoms with E-state index in [0.717, 1.165) is 12.5 Å². The highest BCUT2D eigenvalue weighted by molar-refractivity contribution is 9.10. The fraction of sp³-hybridized carbons (Fsp3) is 0.562. The van der Waals surface area contributed by atoms with Crippen molar-refractivity contribution in [2.45, 2.75) is 45.1 Å². The van der Waals surface area contributed by atoms with Gasteiger partial charge in [-0.15, -0.1) is 0 Å². The van der Waals surface area contributed by atoms with Gasteiger partial charge in [0.25, 0.3) is 6.47 Å². The molecule has 1 saturated heterocycles. The molecule has 1 atom stereocenters. The second-order valence-corrected chi connectivity index (χ2v) is 6.84. The second kappa shape index (κ2) is 8.42. The number of halogens is 1. The molecule has 1 aliphatic heterocycles. The zero-order valence-corrected chi connectivity index (χ0v) is 14.1. The van der Waals surface area contributed by atoms with Crippen LogP contribution in [0, 0.1) is 0 Å². The number of piperidine rings is 1. The summed E-state index contributed by atoms with van der Waals surface area (Å²) in [7, 11) is 0. The van der Waals surface area contributed by atoms with E-state index in [2.05, 4.69) is 50.2 Å². The molecule has 4 heteroatoms. The van der Waals surface area contributed by atoms with Gasteiger partial charge in [-0.25, -0.2) is 0 Å². The normalized spacial score (nSPS) is 18.7. The van der Waals surface area contributed by atoms with Crippen LogP contribution in [0.25, 0.3) is 0 Å². The number of carbonyl (C=O) groups excluding carboxylic acids is 1. The lowest BCUT2D eigenvalue weighted by Crippen LogP contribution is -2.28. The molecular weight excluding hydrogens is 318 g/mol. The van der Waals surface area contributed by atoms with Gasteiger partial charge >= 0.3 is 0 Å². The molecule has 0 bridgehead atoms. The van der Waals surface area contributed by atoms with Crippen molar-refractivity contribution in [3.8, 4) is 0 Å². The van der Waals surface area contributed by atoms with Crippen LogP contribution >= 0.6 is 15.9 Å². The van der Waals surface area contributed by atoms with E-state index < -0.39 is 0 Å². The average Bonchev–Trinajstić information content (AvgIpc) is 2.40. The van der Waals surface area contributed by atoms with Crippen LogP contribution in [0.3, 0.4) is 0 Å². The fourth-order valence-electron chi connectivity index (χ4n) is 2.02. The van der Waals surface area contributed by atoms with Gasteiger partial charge in [0.15, 0.2) is 0 Å². The van der Waals surface area contributed by atoms with Crippen molar-refractivity contribution in [2.24, 2.45) is 0 Å². The van der Waals surface area contributed by atoms with Crippen LogP contribution in [-0.2, 0) is 9.53 Å². The number of ether oxygens (including phenoxy) is 1. The van der Waals surface area contributed by atoms with E-state index in [1.54, 1.807) is 0 Å². The Hall–Kier alpha value is -0.870. The van der Waals surface area contributed by atoms with Crippen LogP contribution in [0.1, 0.15) is 45.1 Å².